The smallest absolute Gasteiger partial charge is 0.185 e. The Morgan fingerprint density at radius 3 is 2.00 bits per heavy atom. The van der Waals surface area contributed by atoms with Crippen LogP contribution in [0.3, 0.4) is 0 Å². The maximum Gasteiger partial charge on any atom is 0.185 e. The number of halogens is 3. The highest BCUT2D eigenvalue weighted by atomic mass is 35.5. The van der Waals surface area contributed by atoms with Crippen molar-refractivity contribution in [1.29, 1.82) is 0 Å². The third kappa shape index (κ3) is 8.82. The Bertz CT molecular complexity index is 25.5. The molecule has 1 unspecified atom stereocenters. The summed E-state index contributed by atoms with van der Waals surface area (Å²) in [5.41, 5.74) is 3.30. The molecule has 1 nitrogen and oxygen atoms in total. The van der Waals surface area contributed by atoms with E-state index in [1.165, 1.54) is 0 Å². The minimum atomic E-state index is -1.37. The standard InChI is InChI=1S/C2H5ClFN.ClH/c3-2(4)1-5;/h2H,1,5H2;1H. The van der Waals surface area contributed by atoms with Crippen LogP contribution in [0, 0.1) is 0 Å². The molecule has 0 saturated carbocycles. The van der Waals surface area contributed by atoms with E-state index in [9.17, 15) is 4.39 Å². The summed E-state index contributed by atoms with van der Waals surface area (Å²) in [7, 11) is 0. The molecule has 0 aliphatic carbocycles. The lowest BCUT2D eigenvalue weighted by molar-refractivity contribution is 0.452. The normalized spacial score (nSPS) is 12.5. The average Bonchev–Trinajstić information content (AvgIpc) is 1.38. The van der Waals surface area contributed by atoms with Gasteiger partial charge in [-0.05, 0) is 0 Å². The first-order valence-corrected chi connectivity index (χ1v) is 1.69. The van der Waals surface area contributed by atoms with Crippen LogP contribution in [-0.4, -0.2) is 12.2 Å². The third-order valence-corrected chi connectivity index (χ3v) is 0.356. The van der Waals surface area contributed by atoms with Gasteiger partial charge in [0.2, 0.25) is 0 Å². The van der Waals surface area contributed by atoms with Gasteiger partial charge in [0.25, 0.3) is 0 Å². The predicted octanol–water partition coefficient (Wildman–Crippen LogP) is 0.901. The van der Waals surface area contributed by atoms with Crippen LogP contribution in [0.15, 0.2) is 0 Å². The summed E-state index contributed by atoms with van der Waals surface area (Å²) in [6.07, 6.45) is 0. The molecular weight excluding hydrogens is 128 g/mol. The molecule has 0 rings (SSSR count). The van der Waals surface area contributed by atoms with Crippen molar-refractivity contribution in [3.05, 3.63) is 0 Å². The fourth-order valence-corrected chi connectivity index (χ4v) is 0. The van der Waals surface area contributed by atoms with Crippen molar-refractivity contribution in [3.8, 4) is 0 Å². The maximum atomic E-state index is 11.1. The Hall–Kier alpha value is 0.470. The van der Waals surface area contributed by atoms with E-state index in [4.69, 9.17) is 0 Å². The fourth-order valence-electron chi connectivity index (χ4n) is 0. The van der Waals surface area contributed by atoms with Gasteiger partial charge in [0, 0.05) is 6.54 Å². The molecule has 40 valence electrons. The number of alkyl halides is 2. The van der Waals surface area contributed by atoms with Crippen molar-refractivity contribution in [2.24, 2.45) is 5.73 Å². The van der Waals surface area contributed by atoms with E-state index in [0.717, 1.165) is 0 Å². The molecule has 0 fully saturated rings. The van der Waals surface area contributed by atoms with Crippen LogP contribution < -0.4 is 5.73 Å². The van der Waals surface area contributed by atoms with Gasteiger partial charge in [-0.1, -0.05) is 11.6 Å². The second kappa shape index (κ2) is 5.47. The molecule has 1 atom stereocenters. The van der Waals surface area contributed by atoms with E-state index in [0.29, 0.717) is 0 Å². The van der Waals surface area contributed by atoms with Crippen LogP contribution in [0.1, 0.15) is 0 Å². The summed E-state index contributed by atoms with van der Waals surface area (Å²) in [6, 6.07) is 0. The number of nitrogens with two attached hydrogens (primary N) is 1. The van der Waals surface area contributed by atoms with Gasteiger partial charge in [0.1, 0.15) is 0 Å². The van der Waals surface area contributed by atoms with E-state index in [-0.39, 0.29) is 19.0 Å². The van der Waals surface area contributed by atoms with Crippen molar-refractivity contribution in [2.45, 2.75) is 5.63 Å². The summed E-state index contributed by atoms with van der Waals surface area (Å²) in [4.78, 5) is 0. The highest BCUT2D eigenvalue weighted by Gasteiger charge is 1.89. The Morgan fingerprint density at radius 2 is 2.00 bits per heavy atom. The first-order valence-electron chi connectivity index (χ1n) is 1.25. The Kier molecular flexibility index (Phi) is 8.83. The molecule has 0 bridgehead atoms. The number of hydrogen-bond acceptors (Lipinski definition) is 1. The van der Waals surface area contributed by atoms with Crippen LogP contribution in [0.25, 0.3) is 0 Å². The molecule has 0 radical (unpaired) electrons. The van der Waals surface area contributed by atoms with Gasteiger partial charge in [0.15, 0.2) is 5.63 Å². The third-order valence-electron chi connectivity index (χ3n) is 0.178. The maximum absolute atomic E-state index is 11.1. The summed E-state index contributed by atoms with van der Waals surface area (Å²) in [5, 5.41) is 0. The quantitative estimate of drug-likeness (QED) is 0.529. The Morgan fingerprint density at radius 1 is 1.83 bits per heavy atom. The van der Waals surface area contributed by atoms with Gasteiger partial charge >= 0.3 is 0 Å². The molecule has 0 aromatic carbocycles. The molecule has 0 aromatic rings. The first-order chi connectivity index (χ1) is 2.27. The lowest BCUT2D eigenvalue weighted by Crippen LogP contribution is -2.07. The van der Waals surface area contributed by atoms with Crippen molar-refractivity contribution in [3.63, 3.8) is 0 Å². The van der Waals surface area contributed by atoms with Gasteiger partial charge in [-0.15, -0.1) is 12.4 Å². The molecule has 0 spiro atoms. The molecule has 2 N–H and O–H groups in total. The van der Waals surface area contributed by atoms with Crippen LogP contribution in [0.2, 0.25) is 0 Å². The van der Waals surface area contributed by atoms with Gasteiger partial charge in [-0.2, -0.15) is 0 Å². The second-order valence-electron chi connectivity index (χ2n) is 0.627. The predicted molar refractivity (Wildman–Crippen MR) is 27.1 cm³/mol. The highest BCUT2D eigenvalue weighted by Crippen LogP contribution is 1.89. The summed E-state index contributed by atoms with van der Waals surface area (Å²) in [5.74, 6) is 0. The lowest BCUT2D eigenvalue weighted by Gasteiger charge is -1.83. The van der Waals surface area contributed by atoms with Crippen LogP contribution >= 0.6 is 24.0 Å². The topological polar surface area (TPSA) is 26.0 Å². The summed E-state index contributed by atoms with van der Waals surface area (Å²) in [6.45, 7) is -0.0957. The Balaban J connectivity index is 0. The van der Waals surface area contributed by atoms with Gasteiger partial charge in [-0.25, -0.2) is 4.39 Å². The van der Waals surface area contributed by atoms with Gasteiger partial charge in [0.05, 0.1) is 0 Å². The van der Waals surface area contributed by atoms with Crippen LogP contribution in [0.4, 0.5) is 4.39 Å². The molecule has 0 aliphatic rings. The van der Waals surface area contributed by atoms with E-state index in [1.807, 2.05) is 0 Å². The molecular formula is C2H6Cl2FN. The highest BCUT2D eigenvalue weighted by molar-refractivity contribution is 6.19. The largest absolute Gasteiger partial charge is 0.327 e. The zero-order valence-electron chi connectivity index (χ0n) is 3.03. The van der Waals surface area contributed by atoms with E-state index < -0.39 is 5.63 Å². The molecule has 0 aromatic heterocycles. The van der Waals surface area contributed by atoms with Crippen molar-refractivity contribution in [2.75, 3.05) is 6.54 Å². The zero-order valence-corrected chi connectivity index (χ0v) is 4.60. The van der Waals surface area contributed by atoms with Crippen molar-refractivity contribution < 1.29 is 4.39 Å². The van der Waals surface area contributed by atoms with Gasteiger partial charge in [-0.3, -0.25) is 0 Å². The van der Waals surface area contributed by atoms with Crippen LogP contribution in [0.5, 0.6) is 0 Å². The monoisotopic (exact) mass is 133 g/mol. The zero-order chi connectivity index (χ0) is 4.28. The lowest BCUT2D eigenvalue weighted by atomic mass is 10.8. The van der Waals surface area contributed by atoms with Crippen LogP contribution in [-0.2, 0) is 0 Å². The molecule has 4 heteroatoms. The molecule has 0 aliphatic heterocycles. The second-order valence-corrected chi connectivity index (χ2v) is 1.10. The number of rotatable bonds is 1. The fraction of sp³-hybridized carbons (Fsp3) is 1.00. The minimum Gasteiger partial charge on any atom is -0.327 e. The van der Waals surface area contributed by atoms with E-state index in [2.05, 4.69) is 17.3 Å². The van der Waals surface area contributed by atoms with Crippen molar-refractivity contribution in [1.82, 2.24) is 0 Å². The SMILES string of the molecule is Cl.NCC(F)Cl. The first kappa shape index (κ1) is 9.69. The minimum absolute atomic E-state index is 0. The van der Waals surface area contributed by atoms with E-state index >= 15 is 0 Å². The van der Waals surface area contributed by atoms with Crippen molar-refractivity contribution >= 4 is 24.0 Å². The van der Waals surface area contributed by atoms with Gasteiger partial charge < -0.3 is 5.73 Å². The molecule has 0 saturated heterocycles. The summed E-state index contributed by atoms with van der Waals surface area (Å²) >= 11 is 4.67. The molecule has 0 heterocycles. The number of hydrogen-bond donors (Lipinski definition) is 1. The Labute approximate surface area is 47.1 Å². The average molecular weight is 134 g/mol. The molecule has 0 amide bonds. The summed E-state index contributed by atoms with van der Waals surface area (Å²) < 4.78 is 11.1. The van der Waals surface area contributed by atoms with E-state index in [1.54, 1.807) is 0 Å². The molecule has 6 heavy (non-hydrogen) atoms.